The van der Waals surface area contributed by atoms with Crippen molar-refractivity contribution in [3.05, 3.63) is 101 Å². The Labute approximate surface area is 229 Å². The second kappa shape index (κ2) is 14.2. The normalized spacial score (nSPS) is 12.2. The van der Waals surface area contributed by atoms with E-state index in [0.717, 1.165) is 27.1 Å². The van der Waals surface area contributed by atoms with Crippen LogP contribution in [0.4, 0.5) is 0 Å². The monoisotopic (exact) mass is 587 g/mol. The first kappa shape index (κ1) is 28.8. The van der Waals surface area contributed by atoms with Crippen LogP contribution in [0.5, 0.6) is 17.2 Å². The maximum Gasteiger partial charge on any atom is 0.217 e. The summed E-state index contributed by atoms with van der Waals surface area (Å²) in [6, 6.07) is 22.4. The number of methoxy groups -OCH3 is 2. The van der Waals surface area contributed by atoms with Crippen LogP contribution in [0.3, 0.4) is 0 Å². The first-order valence-electron chi connectivity index (χ1n) is 12.1. The predicted octanol–water partition coefficient (Wildman–Crippen LogP) is 6.60. The third kappa shape index (κ3) is 8.62. The molecule has 0 N–H and O–H groups in total. The molecule has 0 amide bonds. The summed E-state index contributed by atoms with van der Waals surface area (Å²) in [5.74, 6) is 2.15. The zero-order valence-corrected chi connectivity index (χ0v) is 23.7. The fraction of sp³-hybridized carbons (Fsp3) is 0.310. The Morgan fingerprint density at radius 2 is 1.30 bits per heavy atom. The molecule has 0 fully saturated rings. The zero-order chi connectivity index (χ0) is 26.7. The van der Waals surface area contributed by atoms with E-state index in [-0.39, 0.29) is 13.1 Å². The Morgan fingerprint density at radius 1 is 0.811 bits per heavy atom. The molecule has 6 nitrogen and oxygen atoms in total. The number of allylic oxidation sites excluding steroid dienone is 1. The first-order chi connectivity index (χ1) is 17.8. The summed E-state index contributed by atoms with van der Waals surface area (Å²) in [4.78, 5) is 0. The molecular weight excluding hydrogens is 554 g/mol. The molecule has 0 saturated heterocycles. The molecule has 0 unspecified atom stereocenters. The van der Waals surface area contributed by atoms with Crippen LogP contribution in [0.15, 0.2) is 89.9 Å². The SMILES string of the molecule is C=CCC[C@H](CCOc1ccc(Br)cc1)S(=O)(=O)N(Cc1ccc(OC)cc1)Cc1ccc(OC)cc1. The number of ether oxygens (including phenoxy) is 3. The number of sulfonamides is 1. The lowest BCUT2D eigenvalue weighted by Gasteiger charge is -2.28. The van der Waals surface area contributed by atoms with Crippen molar-refractivity contribution < 1.29 is 22.6 Å². The highest BCUT2D eigenvalue weighted by molar-refractivity contribution is 9.10. The van der Waals surface area contributed by atoms with Gasteiger partial charge in [0, 0.05) is 17.6 Å². The number of halogens is 1. The van der Waals surface area contributed by atoms with Crippen LogP contribution in [0, 0.1) is 0 Å². The summed E-state index contributed by atoms with van der Waals surface area (Å²) in [6.07, 6.45) is 3.20. The van der Waals surface area contributed by atoms with E-state index in [1.165, 1.54) is 0 Å². The molecule has 37 heavy (non-hydrogen) atoms. The molecule has 1 atom stereocenters. The highest BCUT2D eigenvalue weighted by Crippen LogP contribution is 2.25. The lowest BCUT2D eigenvalue weighted by molar-refractivity contribution is 0.300. The number of hydrogen-bond donors (Lipinski definition) is 0. The first-order valence-corrected chi connectivity index (χ1v) is 14.4. The second-order valence-electron chi connectivity index (χ2n) is 8.59. The minimum absolute atomic E-state index is 0.247. The fourth-order valence-electron chi connectivity index (χ4n) is 3.90. The van der Waals surface area contributed by atoms with E-state index in [1.54, 1.807) is 24.6 Å². The second-order valence-corrected chi connectivity index (χ2v) is 11.7. The topological polar surface area (TPSA) is 65.1 Å². The quantitative estimate of drug-likeness (QED) is 0.187. The van der Waals surface area contributed by atoms with E-state index in [9.17, 15) is 8.42 Å². The summed E-state index contributed by atoms with van der Waals surface area (Å²) in [7, 11) is -0.474. The highest BCUT2D eigenvalue weighted by atomic mass is 79.9. The number of hydrogen-bond acceptors (Lipinski definition) is 5. The standard InChI is InChI=1S/C29H34BrNO5S/c1-4-5-6-29(19-20-36-28-17-11-25(30)12-18-28)37(32,33)31(21-23-7-13-26(34-2)14-8-23)22-24-9-15-27(35-3)16-10-24/h4,7-18,29H,1,5-6,19-22H2,2-3H3/t29-/m1/s1. The van der Waals surface area contributed by atoms with Crippen molar-refractivity contribution in [3.63, 3.8) is 0 Å². The molecule has 0 aromatic heterocycles. The molecule has 0 spiro atoms. The third-order valence-electron chi connectivity index (χ3n) is 6.03. The van der Waals surface area contributed by atoms with Crippen LogP contribution in [-0.4, -0.2) is 38.8 Å². The van der Waals surface area contributed by atoms with Gasteiger partial charge in [-0.05, 0) is 78.9 Å². The van der Waals surface area contributed by atoms with Crippen molar-refractivity contribution in [2.24, 2.45) is 0 Å². The van der Waals surface area contributed by atoms with Crippen LogP contribution in [0.25, 0.3) is 0 Å². The van der Waals surface area contributed by atoms with Gasteiger partial charge in [-0.2, -0.15) is 4.31 Å². The lowest BCUT2D eigenvalue weighted by Crippen LogP contribution is -2.39. The van der Waals surface area contributed by atoms with Crippen LogP contribution in [0.1, 0.15) is 30.4 Å². The summed E-state index contributed by atoms with van der Waals surface area (Å²) in [5, 5.41) is -0.613. The minimum Gasteiger partial charge on any atom is -0.497 e. The van der Waals surface area contributed by atoms with Crippen LogP contribution < -0.4 is 14.2 Å². The Balaban J connectivity index is 1.83. The van der Waals surface area contributed by atoms with Crippen molar-refractivity contribution in [2.75, 3.05) is 20.8 Å². The third-order valence-corrected chi connectivity index (χ3v) is 8.85. The molecule has 198 valence electrons. The van der Waals surface area contributed by atoms with Gasteiger partial charge in [0.2, 0.25) is 10.0 Å². The molecule has 0 saturated carbocycles. The number of nitrogens with zero attached hydrogens (tertiary/aromatic N) is 1. The summed E-state index contributed by atoms with van der Waals surface area (Å²) < 4.78 is 47.0. The van der Waals surface area contributed by atoms with E-state index < -0.39 is 15.3 Å². The van der Waals surface area contributed by atoms with Crippen LogP contribution in [-0.2, 0) is 23.1 Å². The molecule has 3 rings (SSSR count). The fourth-order valence-corrected chi connectivity index (χ4v) is 6.07. The van der Waals surface area contributed by atoms with E-state index in [1.807, 2.05) is 72.8 Å². The zero-order valence-electron chi connectivity index (χ0n) is 21.3. The van der Waals surface area contributed by atoms with Gasteiger partial charge < -0.3 is 14.2 Å². The number of benzene rings is 3. The predicted molar refractivity (Wildman–Crippen MR) is 152 cm³/mol. The Hall–Kier alpha value is -2.81. The maximum absolute atomic E-state index is 14.1. The smallest absolute Gasteiger partial charge is 0.217 e. The summed E-state index contributed by atoms with van der Waals surface area (Å²) in [6.45, 7) is 4.58. The molecule has 0 aliphatic rings. The largest absolute Gasteiger partial charge is 0.497 e. The van der Waals surface area contributed by atoms with Gasteiger partial charge >= 0.3 is 0 Å². The van der Waals surface area contributed by atoms with E-state index in [0.29, 0.717) is 31.6 Å². The average molecular weight is 589 g/mol. The van der Waals surface area contributed by atoms with Crippen molar-refractivity contribution in [1.82, 2.24) is 4.31 Å². The van der Waals surface area contributed by atoms with E-state index in [4.69, 9.17) is 14.2 Å². The minimum atomic E-state index is -3.69. The van der Waals surface area contributed by atoms with Crippen LogP contribution in [0.2, 0.25) is 0 Å². The van der Waals surface area contributed by atoms with Crippen molar-refractivity contribution >= 4 is 26.0 Å². The van der Waals surface area contributed by atoms with Gasteiger partial charge in [0.25, 0.3) is 0 Å². The van der Waals surface area contributed by atoms with Gasteiger partial charge in [0.15, 0.2) is 0 Å². The molecule has 0 aliphatic carbocycles. The molecule has 3 aromatic rings. The molecule has 3 aromatic carbocycles. The van der Waals surface area contributed by atoms with Gasteiger partial charge in [0.05, 0.1) is 26.1 Å². The Bertz CT molecular complexity index is 1160. The molecule has 0 aliphatic heterocycles. The molecule has 0 bridgehead atoms. The molecular formula is C29H34BrNO5S. The molecule has 0 heterocycles. The highest BCUT2D eigenvalue weighted by Gasteiger charge is 2.32. The van der Waals surface area contributed by atoms with E-state index >= 15 is 0 Å². The van der Waals surface area contributed by atoms with Crippen molar-refractivity contribution in [3.8, 4) is 17.2 Å². The van der Waals surface area contributed by atoms with Gasteiger partial charge in [-0.15, -0.1) is 6.58 Å². The summed E-state index contributed by atoms with van der Waals surface area (Å²) in [5.41, 5.74) is 1.76. The van der Waals surface area contributed by atoms with Crippen LogP contribution >= 0.6 is 15.9 Å². The lowest BCUT2D eigenvalue weighted by atomic mass is 10.2. The van der Waals surface area contributed by atoms with Gasteiger partial charge in [-0.3, -0.25) is 0 Å². The molecule has 0 radical (unpaired) electrons. The Morgan fingerprint density at radius 3 is 1.76 bits per heavy atom. The average Bonchev–Trinajstić information content (AvgIpc) is 2.92. The van der Waals surface area contributed by atoms with Gasteiger partial charge in [-0.25, -0.2) is 8.42 Å². The summed E-state index contributed by atoms with van der Waals surface area (Å²) >= 11 is 3.41. The van der Waals surface area contributed by atoms with Gasteiger partial charge in [0.1, 0.15) is 17.2 Å². The maximum atomic E-state index is 14.1. The van der Waals surface area contributed by atoms with E-state index in [2.05, 4.69) is 22.5 Å². The Kier molecular flexibility index (Phi) is 11.0. The van der Waals surface area contributed by atoms with Crippen molar-refractivity contribution in [1.29, 1.82) is 0 Å². The van der Waals surface area contributed by atoms with Crippen molar-refractivity contribution in [2.45, 2.75) is 37.6 Å². The van der Waals surface area contributed by atoms with Gasteiger partial charge in [-0.1, -0.05) is 46.3 Å². The number of rotatable bonds is 15. The molecule has 8 heteroatoms.